The molecular formula is C27H27F6N3O5. The van der Waals surface area contributed by atoms with Crippen molar-refractivity contribution in [2.45, 2.75) is 49.9 Å². The van der Waals surface area contributed by atoms with Gasteiger partial charge in [-0.05, 0) is 54.7 Å². The van der Waals surface area contributed by atoms with Crippen LogP contribution in [0.4, 0.5) is 41.6 Å². The highest BCUT2D eigenvalue weighted by Gasteiger charge is 2.39. The maximum absolute atomic E-state index is 13.3. The smallest absolute Gasteiger partial charge is 0.416 e. The zero-order valence-corrected chi connectivity index (χ0v) is 21.8. The number of likely N-dealkylation sites (tertiary alicyclic amines) is 1. The van der Waals surface area contributed by atoms with Crippen molar-refractivity contribution >= 4 is 24.1 Å². The number of urea groups is 1. The van der Waals surface area contributed by atoms with Crippen LogP contribution >= 0.6 is 0 Å². The number of nitrogens with zero attached hydrogens (tertiary/aromatic N) is 2. The molecule has 2 aliphatic rings. The van der Waals surface area contributed by atoms with Crippen LogP contribution in [-0.4, -0.2) is 67.3 Å². The number of nitrogens with one attached hydrogen (secondary N) is 1. The fraction of sp³-hybridized carbons (Fsp3) is 0.444. The minimum atomic E-state index is -5.12. The van der Waals surface area contributed by atoms with E-state index < -0.39 is 47.3 Å². The highest BCUT2D eigenvalue weighted by Crippen LogP contribution is 2.38. The number of alkyl halides is 6. The number of benzene rings is 2. The molecular weight excluding hydrogens is 560 g/mol. The molecule has 1 fully saturated rings. The molecule has 41 heavy (non-hydrogen) atoms. The van der Waals surface area contributed by atoms with Gasteiger partial charge in [-0.25, -0.2) is 9.59 Å². The van der Waals surface area contributed by atoms with Crippen LogP contribution in [0, 0.1) is 0 Å². The van der Waals surface area contributed by atoms with E-state index in [1.165, 1.54) is 4.90 Å². The summed E-state index contributed by atoms with van der Waals surface area (Å²) < 4.78 is 90.1. The second kappa shape index (κ2) is 12.0. The van der Waals surface area contributed by atoms with Crippen LogP contribution in [0.5, 0.6) is 0 Å². The molecule has 0 aromatic heterocycles. The number of ether oxygens (including phenoxy) is 2. The molecule has 0 radical (unpaired) electrons. The second-order valence-electron chi connectivity index (χ2n) is 9.74. The standard InChI is InChI=1S/C27H27F6N3O5/c1-40-23(21(15-37)17-12-18(26(28,29)30)14-19(13-17)27(31,32)33)41-25(39)35-9-7-20(8-10-35)36-11-6-16-4-2-3-5-22(16)34-24(36)38/h2-5,12-15,20-21,23H,6-11H2,1H3,(H,34,38). The molecule has 2 aliphatic heterocycles. The van der Waals surface area contributed by atoms with Crippen molar-refractivity contribution in [2.24, 2.45) is 0 Å². The molecule has 14 heteroatoms. The van der Waals surface area contributed by atoms with Crippen LogP contribution in [0.3, 0.4) is 0 Å². The number of halogens is 6. The number of rotatable bonds is 6. The Morgan fingerprint density at radius 3 is 2.17 bits per heavy atom. The Labute approximate surface area is 231 Å². The quantitative estimate of drug-likeness (QED) is 0.267. The number of fused-ring (bicyclic) bond motifs is 1. The summed E-state index contributed by atoms with van der Waals surface area (Å²) in [6.07, 6.45) is -11.5. The minimum absolute atomic E-state index is 0.0629. The molecule has 3 amide bonds. The topological polar surface area (TPSA) is 88.2 Å². The Balaban J connectivity index is 1.42. The highest BCUT2D eigenvalue weighted by atomic mass is 19.4. The third-order valence-electron chi connectivity index (χ3n) is 7.19. The number of hydrogen-bond acceptors (Lipinski definition) is 5. The lowest BCUT2D eigenvalue weighted by Crippen LogP contribution is -2.50. The lowest BCUT2D eigenvalue weighted by molar-refractivity contribution is -0.144. The van der Waals surface area contributed by atoms with Crippen molar-refractivity contribution in [1.29, 1.82) is 0 Å². The number of para-hydroxylation sites is 1. The molecule has 2 aromatic rings. The number of hydrogen-bond donors (Lipinski definition) is 1. The minimum Gasteiger partial charge on any atom is -0.418 e. The van der Waals surface area contributed by atoms with E-state index in [-0.39, 0.29) is 37.5 Å². The van der Waals surface area contributed by atoms with Crippen LogP contribution in [0.1, 0.15) is 41.0 Å². The number of amides is 3. The Morgan fingerprint density at radius 2 is 1.61 bits per heavy atom. The largest absolute Gasteiger partial charge is 0.418 e. The van der Waals surface area contributed by atoms with Gasteiger partial charge in [-0.3, -0.25) is 0 Å². The van der Waals surface area contributed by atoms with Gasteiger partial charge in [0, 0.05) is 38.5 Å². The van der Waals surface area contributed by atoms with Crippen molar-refractivity contribution in [3.63, 3.8) is 0 Å². The normalized spacial score (nSPS) is 18.2. The van der Waals surface area contributed by atoms with Crippen LogP contribution < -0.4 is 5.32 Å². The van der Waals surface area contributed by atoms with Crippen LogP contribution in [0.25, 0.3) is 0 Å². The number of piperidine rings is 1. The average Bonchev–Trinajstić information content (AvgIpc) is 3.09. The van der Waals surface area contributed by atoms with Crippen molar-refractivity contribution < 1.29 is 50.2 Å². The summed E-state index contributed by atoms with van der Waals surface area (Å²) in [6.45, 7) is 0.788. The Bertz CT molecular complexity index is 1240. The lowest BCUT2D eigenvalue weighted by Gasteiger charge is -2.38. The predicted octanol–water partition coefficient (Wildman–Crippen LogP) is 5.67. The number of carbonyl (C=O) groups excluding carboxylic acids is 3. The Kier molecular flexibility index (Phi) is 8.80. The van der Waals surface area contributed by atoms with E-state index in [0.29, 0.717) is 37.9 Å². The zero-order valence-electron chi connectivity index (χ0n) is 21.8. The molecule has 1 N–H and O–H groups in total. The molecule has 2 unspecified atom stereocenters. The van der Waals surface area contributed by atoms with Crippen molar-refractivity contribution in [1.82, 2.24) is 9.80 Å². The summed E-state index contributed by atoms with van der Waals surface area (Å²) in [4.78, 5) is 40.5. The maximum Gasteiger partial charge on any atom is 0.416 e. The van der Waals surface area contributed by atoms with Gasteiger partial charge in [-0.15, -0.1) is 0 Å². The summed E-state index contributed by atoms with van der Waals surface area (Å²) in [5.41, 5.74) is -2.16. The molecule has 2 atom stereocenters. The van der Waals surface area contributed by atoms with E-state index in [0.717, 1.165) is 18.4 Å². The molecule has 2 heterocycles. The van der Waals surface area contributed by atoms with E-state index in [9.17, 15) is 40.7 Å². The number of aldehydes is 1. The molecule has 1 saturated heterocycles. The molecule has 0 aliphatic carbocycles. The van der Waals surface area contributed by atoms with Gasteiger partial charge in [0.1, 0.15) is 12.2 Å². The van der Waals surface area contributed by atoms with Crippen LogP contribution in [0.2, 0.25) is 0 Å². The van der Waals surface area contributed by atoms with Crippen LogP contribution in [-0.2, 0) is 33.0 Å². The van der Waals surface area contributed by atoms with Gasteiger partial charge in [0.25, 0.3) is 0 Å². The highest BCUT2D eigenvalue weighted by molar-refractivity contribution is 5.91. The first kappa shape index (κ1) is 30.2. The first-order chi connectivity index (χ1) is 19.3. The van der Waals surface area contributed by atoms with E-state index >= 15 is 0 Å². The molecule has 4 rings (SSSR count). The van der Waals surface area contributed by atoms with Gasteiger partial charge in [0.05, 0.1) is 11.1 Å². The summed E-state index contributed by atoms with van der Waals surface area (Å²) in [5, 5.41) is 2.89. The number of carbonyl (C=O) groups is 3. The Morgan fingerprint density at radius 1 is 1.00 bits per heavy atom. The second-order valence-corrected chi connectivity index (χ2v) is 9.74. The van der Waals surface area contributed by atoms with Crippen molar-refractivity contribution in [3.05, 3.63) is 64.7 Å². The van der Waals surface area contributed by atoms with E-state index in [2.05, 4.69) is 5.32 Å². The summed E-state index contributed by atoms with van der Waals surface area (Å²) in [7, 11) is 1.01. The van der Waals surface area contributed by atoms with E-state index in [4.69, 9.17) is 9.47 Å². The molecule has 2 aromatic carbocycles. The summed E-state index contributed by atoms with van der Waals surface area (Å²) in [6, 6.07) is 7.74. The molecule has 8 nitrogen and oxygen atoms in total. The monoisotopic (exact) mass is 587 g/mol. The van der Waals surface area contributed by atoms with Crippen LogP contribution in [0.15, 0.2) is 42.5 Å². The van der Waals surface area contributed by atoms with Gasteiger partial charge < -0.3 is 29.4 Å². The SMILES string of the molecule is COC(OC(=O)N1CCC(N2CCc3ccccc3NC2=O)CC1)C(C=O)c1cc(C(F)(F)F)cc(C(F)(F)F)c1. The van der Waals surface area contributed by atoms with Gasteiger partial charge in [-0.2, -0.15) is 26.3 Å². The molecule has 0 bridgehead atoms. The first-order valence-corrected chi connectivity index (χ1v) is 12.7. The Hall–Kier alpha value is -3.81. The summed E-state index contributed by atoms with van der Waals surface area (Å²) >= 11 is 0. The lowest BCUT2D eigenvalue weighted by atomic mass is 9.95. The van der Waals surface area contributed by atoms with E-state index in [1.807, 2.05) is 24.3 Å². The predicted molar refractivity (Wildman–Crippen MR) is 133 cm³/mol. The molecule has 0 spiro atoms. The van der Waals surface area contributed by atoms with Gasteiger partial charge in [0.15, 0.2) is 0 Å². The third-order valence-corrected chi connectivity index (χ3v) is 7.19. The van der Waals surface area contributed by atoms with Gasteiger partial charge >= 0.3 is 24.5 Å². The third kappa shape index (κ3) is 6.92. The van der Waals surface area contributed by atoms with E-state index in [1.54, 1.807) is 4.90 Å². The average molecular weight is 588 g/mol. The van der Waals surface area contributed by atoms with Gasteiger partial charge in [-0.1, -0.05) is 18.2 Å². The first-order valence-electron chi connectivity index (χ1n) is 12.7. The van der Waals surface area contributed by atoms with Crippen molar-refractivity contribution in [3.8, 4) is 0 Å². The van der Waals surface area contributed by atoms with Crippen molar-refractivity contribution in [2.75, 3.05) is 32.1 Å². The molecule has 222 valence electrons. The fourth-order valence-corrected chi connectivity index (χ4v) is 5.01. The number of methoxy groups -OCH3 is 1. The maximum atomic E-state index is 13.3. The number of anilines is 1. The summed E-state index contributed by atoms with van der Waals surface area (Å²) in [5.74, 6) is -1.77. The fourth-order valence-electron chi connectivity index (χ4n) is 5.01. The van der Waals surface area contributed by atoms with Gasteiger partial charge in [0.2, 0.25) is 6.29 Å². The zero-order chi connectivity index (χ0) is 29.9. The molecule has 0 saturated carbocycles.